The van der Waals surface area contributed by atoms with E-state index in [1.807, 2.05) is 11.7 Å². The fourth-order valence-electron chi connectivity index (χ4n) is 3.23. The smallest absolute Gasteiger partial charge is 0.0671 e. The third-order valence-corrected chi connectivity index (χ3v) is 4.11. The molecule has 0 saturated carbocycles. The van der Waals surface area contributed by atoms with Crippen LogP contribution in [0.25, 0.3) is 11.1 Å². The first-order valence-electron chi connectivity index (χ1n) is 7.57. The second-order valence-corrected chi connectivity index (χ2v) is 5.74. The Kier molecular flexibility index (Phi) is 3.51. The standard InChI is InChI=1S/C17H23N3/c1-4-9-20-10-5-6-15-11-14(7-8-17(15)20)16-12-19(3)18-13(16)2/h7-8,11-12H,4-6,9-10H2,1-3H3. The molecule has 0 bridgehead atoms. The molecular weight excluding hydrogens is 246 g/mol. The highest BCUT2D eigenvalue weighted by molar-refractivity contribution is 5.70. The summed E-state index contributed by atoms with van der Waals surface area (Å²) in [4.78, 5) is 2.53. The molecule has 1 aromatic carbocycles. The summed E-state index contributed by atoms with van der Waals surface area (Å²) in [6.07, 6.45) is 5.79. The van der Waals surface area contributed by atoms with Gasteiger partial charge in [-0.15, -0.1) is 0 Å². The first kappa shape index (κ1) is 13.2. The highest BCUT2D eigenvalue weighted by Crippen LogP contribution is 2.32. The average Bonchev–Trinajstić information content (AvgIpc) is 2.78. The quantitative estimate of drug-likeness (QED) is 0.849. The Labute approximate surface area is 121 Å². The predicted molar refractivity (Wildman–Crippen MR) is 84.2 cm³/mol. The van der Waals surface area contributed by atoms with Gasteiger partial charge in [0.05, 0.1) is 5.69 Å². The van der Waals surface area contributed by atoms with Gasteiger partial charge in [0.1, 0.15) is 0 Å². The molecule has 0 radical (unpaired) electrons. The lowest BCUT2D eigenvalue weighted by Crippen LogP contribution is -2.29. The van der Waals surface area contributed by atoms with E-state index in [2.05, 4.69) is 48.2 Å². The van der Waals surface area contributed by atoms with Crippen molar-refractivity contribution in [3.05, 3.63) is 35.7 Å². The summed E-state index contributed by atoms with van der Waals surface area (Å²) in [6, 6.07) is 6.91. The van der Waals surface area contributed by atoms with Gasteiger partial charge < -0.3 is 4.90 Å². The van der Waals surface area contributed by atoms with Crippen LogP contribution in [0.1, 0.15) is 31.0 Å². The summed E-state index contributed by atoms with van der Waals surface area (Å²) < 4.78 is 1.90. The van der Waals surface area contributed by atoms with Gasteiger partial charge in [-0.05, 0) is 49.4 Å². The maximum absolute atomic E-state index is 4.45. The lowest BCUT2D eigenvalue weighted by atomic mass is 9.96. The third kappa shape index (κ3) is 2.33. The molecule has 0 amide bonds. The van der Waals surface area contributed by atoms with Gasteiger partial charge in [-0.2, -0.15) is 5.10 Å². The van der Waals surface area contributed by atoms with Gasteiger partial charge in [0.15, 0.2) is 0 Å². The van der Waals surface area contributed by atoms with Gasteiger partial charge in [0, 0.05) is 37.6 Å². The minimum atomic E-state index is 1.11. The van der Waals surface area contributed by atoms with Crippen molar-refractivity contribution in [2.75, 3.05) is 18.0 Å². The average molecular weight is 269 g/mol. The summed E-state index contributed by atoms with van der Waals surface area (Å²) >= 11 is 0. The van der Waals surface area contributed by atoms with Crippen LogP contribution in [0.15, 0.2) is 24.4 Å². The lowest BCUT2D eigenvalue weighted by Gasteiger charge is -2.31. The molecule has 20 heavy (non-hydrogen) atoms. The number of aromatic nitrogens is 2. The summed E-state index contributed by atoms with van der Waals surface area (Å²) in [5.74, 6) is 0. The second-order valence-electron chi connectivity index (χ2n) is 5.74. The maximum atomic E-state index is 4.45. The fourth-order valence-corrected chi connectivity index (χ4v) is 3.23. The van der Waals surface area contributed by atoms with Gasteiger partial charge in [-0.3, -0.25) is 4.68 Å². The van der Waals surface area contributed by atoms with Crippen LogP contribution in [-0.2, 0) is 13.5 Å². The minimum Gasteiger partial charge on any atom is -0.371 e. The number of rotatable bonds is 3. The van der Waals surface area contributed by atoms with Crippen LogP contribution in [0.5, 0.6) is 0 Å². The molecule has 0 aliphatic carbocycles. The van der Waals surface area contributed by atoms with E-state index in [1.165, 1.54) is 48.2 Å². The molecular formula is C17H23N3. The minimum absolute atomic E-state index is 1.11. The van der Waals surface area contributed by atoms with Crippen LogP contribution in [0.4, 0.5) is 5.69 Å². The summed E-state index contributed by atoms with van der Waals surface area (Å²) in [7, 11) is 1.98. The fraction of sp³-hybridized carbons (Fsp3) is 0.471. The van der Waals surface area contributed by atoms with Crippen LogP contribution in [0.2, 0.25) is 0 Å². The molecule has 1 aliphatic rings. The SMILES string of the molecule is CCCN1CCCc2cc(-c3cn(C)nc3C)ccc21. The molecule has 1 aromatic heterocycles. The zero-order valence-electron chi connectivity index (χ0n) is 12.7. The third-order valence-electron chi connectivity index (χ3n) is 4.11. The van der Waals surface area contributed by atoms with E-state index in [0.29, 0.717) is 0 Å². The predicted octanol–water partition coefficient (Wildman–Crippen LogP) is 3.56. The number of hydrogen-bond acceptors (Lipinski definition) is 2. The number of aryl methyl sites for hydroxylation is 3. The van der Waals surface area contributed by atoms with Crippen molar-refractivity contribution < 1.29 is 0 Å². The molecule has 0 saturated heterocycles. The van der Waals surface area contributed by atoms with Gasteiger partial charge in [0.25, 0.3) is 0 Å². The van der Waals surface area contributed by atoms with E-state index >= 15 is 0 Å². The molecule has 106 valence electrons. The zero-order chi connectivity index (χ0) is 14.1. The first-order chi connectivity index (χ1) is 9.69. The molecule has 0 fully saturated rings. The van der Waals surface area contributed by atoms with Crippen LogP contribution < -0.4 is 4.90 Å². The van der Waals surface area contributed by atoms with Crippen LogP contribution in [-0.4, -0.2) is 22.9 Å². The Morgan fingerprint density at radius 2 is 2.15 bits per heavy atom. The van der Waals surface area contributed by atoms with Crippen LogP contribution in [0, 0.1) is 6.92 Å². The Hall–Kier alpha value is -1.77. The molecule has 3 heteroatoms. The Morgan fingerprint density at radius 3 is 2.85 bits per heavy atom. The van der Waals surface area contributed by atoms with E-state index < -0.39 is 0 Å². The maximum Gasteiger partial charge on any atom is 0.0671 e. The summed E-state index contributed by atoms with van der Waals surface area (Å²) in [6.45, 7) is 6.70. The molecule has 0 spiro atoms. The first-order valence-corrected chi connectivity index (χ1v) is 7.57. The Bertz CT molecular complexity index is 613. The molecule has 0 N–H and O–H groups in total. The van der Waals surface area contributed by atoms with Crippen molar-refractivity contribution in [3.63, 3.8) is 0 Å². The number of benzene rings is 1. The molecule has 1 aliphatic heterocycles. The van der Waals surface area contributed by atoms with E-state index in [1.54, 1.807) is 0 Å². The van der Waals surface area contributed by atoms with Crippen molar-refractivity contribution in [1.82, 2.24) is 9.78 Å². The Balaban J connectivity index is 1.99. The van der Waals surface area contributed by atoms with Crippen LogP contribution >= 0.6 is 0 Å². The summed E-state index contributed by atoms with van der Waals surface area (Å²) in [5.41, 5.74) is 6.58. The molecule has 2 aromatic rings. The van der Waals surface area contributed by atoms with Crippen molar-refractivity contribution in [3.8, 4) is 11.1 Å². The van der Waals surface area contributed by atoms with Crippen LogP contribution in [0.3, 0.4) is 0 Å². The van der Waals surface area contributed by atoms with Gasteiger partial charge in [-0.1, -0.05) is 13.0 Å². The summed E-state index contributed by atoms with van der Waals surface area (Å²) in [5, 5.41) is 4.45. The van der Waals surface area contributed by atoms with E-state index in [0.717, 1.165) is 12.2 Å². The van der Waals surface area contributed by atoms with Gasteiger partial charge >= 0.3 is 0 Å². The van der Waals surface area contributed by atoms with Gasteiger partial charge in [-0.25, -0.2) is 0 Å². The number of fused-ring (bicyclic) bond motifs is 1. The highest BCUT2D eigenvalue weighted by atomic mass is 15.2. The molecule has 3 nitrogen and oxygen atoms in total. The number of nitrogens with zero attached hydrogens (tertiary/aromatic N) is 3. The second kappa shape index (κ2) is 5.31. The Morgan fingerprint density at radius 1 is 1.30 bits per heavy atom. The topological polar surface area (TPSA) is 21.1 Å². The van der Waals surface area contributed by atoms with E-state index in [9.17, 15) is 0 Å². The number of hydrogen-bond donors (Lipinski definition) is 0. The van der Waals surface area contributed by atoms with Crippen molar-refractivity contribution in [2.24, 2.45) is 7.05 Å². The zero-order valence-corrected chi connectivity index (χ0v) is 12.7. The highest BCUT2D eigenvalue weighted by Gasteiger charge is 2.17. The molecule has 2 heterocycles. The van der Waals surface area contributed by atoms with Crippen molar-refractivity contribution in [1.29, 1.82) is 0 Å². The molecule has 0 atom stereocenters. The van der Waals surface area contributed by atoms with Crippen molar-refractivity contribution in [2.45, 2.75) is 33.1 Å². The monoisotopic (exact) mass is 269 g/mol. The molecule has 3 rings (SSSR count). The lowest BCUT2D eigenvalue weighted by molar-refractivity contribution is 0.681. The normalized spacial score (nSPS) is 14.4. The number of anilines is 1. The molecule has 0 unspecified atom stereocenters. The van der Waals surface area contributed by atoms with E-state index in [-0.39, 0.29) is 0 Å². The largest absolute Gasteiger partial charge is 0.371 e. The van der Waals surface area contributed by atoms with Crippen molar-refractivity contribution >= 4 is 5.69 Å². The van der Waals surface area contributed by atoms with Gasteiger partial charge in [0.2, 0.25) is 0 Å². The van der Waals surface area contributed by atoms with E-state index in [4.69, 9.17) is 0 Å².